The molecule has 0 radical (unpaired) electrons. The van der Waals surface area contributed by atoms with Gasteiger partial charge in [0, 0.05) is 19.3 Å². The van der Waals surface area contributed by atoms with E-state index in [2.05, 4.69) is 16.0 Å². The SMILES string of the molecule is CC(C)(C(=O)O)C1CCCN(c2cc(C#N)ccn2)C1. The van der Waals surface area contributed by atoms with Gasteiger partial charge in [-0.25, -0.2) is 4.98 Å². The lowest BCUT2D eigenvalue weighted by molar-refractivity contribution is -0.150. The Morgan fingerprint density at radius 3 is 3.00 bits per heavy atom. The number of carboxylic acid groups (broad SMARTS) is 1. The molecule has 2 heterocycles. The van der Waals surface area contributed by atoms with Crippen LogP contribution < -0.4 is 4.90 Å². The fourth-order valence-electron chi connectivity index (χ4n) is 2.61. The Labute approximate surface area is 118 Å². The van der Waals surface area contributed by atoms with Gasteiger partial charge in [0.2, 0.25) is 0 Å². The summed E-state index contributed by atoms with van der Waals surface area (Å²) in [6, 6.07) is 5.54. The first-order valence-electron chi connectivity index (χ1n) is 6.79. The van der Waals surface area contributed by atoms with Crippen LogP contribution in [0.3, 0.4) is 0 Å². The molecule has 0 spiro atoms. The smallest absolute Gasteiger partial charge is 0.309 e. The molecule has 1 atom stereocenters. The highest BCUT2D eigenvalue weighted by Crippen LogP contribution is 2.35. The summed E-state index contributed by atoms with van der Waals surface area (Å²) in [4.78, 5) is 17.8. The first-order valence-corrected chi connectivity index (χ1v) is 6.79. The van der Waals surface area contributed by atoms with E-state index in [0.717, 1.165) is 25.2 Å². The van der Waals surface area contributed by atoms with Crippen LogP contribution in [0.5, 0.6) is 0 Å². The molecule has 1 unspecified atom stereocenters. The van der Waals surface area contributed by atoms with Crippen molar-refractivity contribution in [2.45, 2.75) is 26.7 Å². The number of aliphatic carboxylic acids is 1. The summed E-state index contributed by atoms with van der Waals surface area (Å²) in [5.41, 5.74) is -0.166. The summed E-state index contributed by atoms with van der Waals surface area (Å²) in [5, 5.41) is 18.3. The topological polar surface area (TPSA) is 77.2 Å². The van der Waals surface area contributed by atoms with E-state index in [1.54, 1.807) is 32.2 Å². The van der Waals surface area contributed by atoms with E-state index >= 15 is 0 Å². The maximum atomic E-state index is 11.4. The van der Waals surface area contributed by atoms with Gasteiger partial charge in [-0.2, -0.15) is 5.26 Å². The van der Waals surface area contributed by atoms with Gasteiger partial charge in [-0.05, 0) is 44.7 Å². The number of piperidine rings is 1. The molecule has 0 bridgehead atoms. The van der Waals surface area contributed by atoms with E-state index < -0.39 is 11.4 Å². The minimum atomic E-state index is -0.761. The lowest BCUT2D eigenvalue weighted by Gasteiger charge is -2.39. The molecule has 1 fully saturated rings. The minimum Gasteiger partial charge on any atom is -0.481 e. The van der Waals surface area contributed by atoms with Crippen molar-refractivity contribution in [1.29, 1.82) is 5.26 Å². The Kier molecular flexibility index (Phi) is 3.93. The normalized spacial score (nSPS) is 19.4. The molecule has 0 aromatic carbocycles. The Morgan fingerprint density at radius 2 is 2.35 bits per heavy atom. The van der Waals surface area contributed by atoms with Gasteiger partial charge < -0.3 is 10.0 Å². The van der Waals surface area contributed by atoms with Crippen molar-refractivity contribution in [3.63, 3.8) is 0 Å². The molecular formula is C15H19N3O2. The van der Waals surface area contributed by atoms with E-state index in [9.17, 15) is 9.90 Å². The fraction of sp³-hybridized carbons (Fsp3) is 0.533. The number of nitriles is 1. The lowest BCUT2D eigenvalue weighted by atomic mass is 9.74. The van der Waals surface area contributed by atoms with E-state index in [0.29, 0.717) is 12.1 Å². The number of carboxylic acids is 1. The number of pyridine rings is 1. The zero-order chi connectivity index (χ0) is 14.8. The number of carbonyl (C=O) groups is 1. The molecular weight excluding hydrogens is 254 g/mol. The molecule has 1 saturated heterocycles. The summed E-state index contributed by atoms with van der Waals surface area (Å²) < 4.78 is 0. The summed E-state index contributed by atoms with van der Waals surface area (Å²) in [6.45, 7) is 5.08. The molecule has 0 aliphatic carbocycles. The summed E-state index contributed by atoms with van der Waals surface area (Å²) in [6.07, 6.45) is 3.48. The Morgan fingerprint density at radius 1 is 1.60 bits per heavy atom. The van der Waals surface area contributed by atoms with Crippen LogP contribution in [-0.4, -0.2) is 29.1 Å². The first kappa shape index (κ1) is 14.3. The molecule has 2 rings (SSSR count). The van der Waals surface area contributed by atoms with Gasteiger partial charge in [0.1, 0.15) is 5.82 Å². The third-order valence-electron chi connectivity index (χ3n) is 4.19. The highest BCUT2D eigenvalue weighted by molar-refractivity contribution is 5.74. The molecule has 0 saturated carbocycles. The van der Waals surface area contributed by atoms with E-state index in [1.165, 1.54) is 0 Å². The highest BCUT2D eigenvalue weighted by atomic mass is 16.4. The van der Waals surface area contributed by atoms with Gasteiger partial charge in [-0.1, -0.05) is 0 Å². The van der Waals surface area contributed by atoms with Gasteiger partial charge in [0.05, 0.1) is 17.0 Å². The molecule has 1 aliphatic rings. The predicted molar refractivity (Wildman–Crippen MR) is 75.3 cm³/mol. The maximum absolute atomic E-state index is 11.4. The number of nitrogens with zero attached hydrogens (tertiary/aromatic N) is 3. The van der Waals surface area contributed by atoms with E-state index in [1.807, 2.05) is 0 Å². The second-order valence-corrected chi connectivity index (χ2v) is 5.83. The van der Waals surface area contributed by atoms with E-state index in [4.69, 9.17) is 5.26 Å². The Bertz CT molecular complexity index is 548. The average molecular weight is 273 g/mol. The summed E-state index contributed by atoms with van der Waals surface area (Å²) in [7, 11) is 0. The first-order chi connectivity index (χ1) is 9.45. The van der Waals surface area contributed by atoms with Gasteiger partial charge in [-0.3, -0.25) is 4.79 Å². The second kappa shape index (κ2) is 5.49. The van der Waals surface area contributed by atoms with Crippen molar-refractivity contribution >= 4 is 11.8 Å². The van der Waals surface area contributed by atoms with Crippen LogP contribution in [0.2, 0.25) is 0 Å². The molecule has 1 aromatic heterocycles. The highest BCUT2D eigenvalue weighted by Gasteiger charge is 2.39. The maximum Gasteiger partial charge on any atom is 0.309 e. The Hall–Kier alpha value is -2.09. The predicted octanol–water partition coefficient (Wildman–Crippen LogP) is 2.28. The molecule has 0 amide bonds. The van der Waals surface area contributed by atoms with Crippen molar-refractivity contribution in [2.75, 3.05) is 18.0 Å². The fourth-order valence-corrected chi connectivity index (χ4v) is 2.61. The molecule has 20 heavy (non-hydrogen) atoms. The van der Waals surface area contributed by atoms with Crippen LogP contribution in [0.4, 0.5) is 5.82 Å². The molecule has 106 valence electrons. The van der Waals surface area contributed by atoms with Crippen LogP contribution in [0.15, 0.2) is 18.3 Å². The van der Waals surface area contributed by atoms with Crippen molar-refractivity contribution in [1.82, 2.24) is 4.98 Å². The van der Waals surface area contributed by atoms with Crippen LogP contribution in [0.1, 0.15) is 32.3 Å². The van der Waals surface area contributed by atoms with Crippen LogP contribution in [0.25, 0.3) is 0 Å². The third kappa shape index (κ3) is 2.74. The van der Waals surface area contributed by atoms with Crippen LogP contribution >= 0.6 is 0 Å². The standard InChI is InChI=1S/C15H19N3O2/c1-15(2,14(19)20)12-4-3-7-18(10-12)13-8-11(9-16)5-6-17-13/h5-6,8,12H,3-4,7,10H2,1-2H3,(H,19,20). The number of hydrogen-bond donors (Lipinski definition) is 1. The molecule has 1 aliphatic heterocycles. The third-order valence-corrected chi connectivity index (χ3v) is 4.19. The molecule has 5 heteroatoms. The van der Waals surface area contributed by atoms with Crippen molar-refractivity contribution in [3.05, 3.63) is 23.9 Å². The lowest BCUT2D eigenvalue weighted by Crippen LogP contribution is -2.45. The quantitative estimate of drug-likeness (QED) is 0.914. The van der Waals surface area contributed by atoms with Gasteiger partial charge in [0.15, 0.2) is 0 Å². The van der Waals surface area contributed by atoms with E-state index in [-0.39, 0.29) is 5.92 Å². The number of hydrogen-bond acceptors (Lipinski definition) is 4. The zero-order valence-electron chi connectivity index (χ0n) is 11.8. The average Bonchev–Trinajstić information content (AvgIpc) is 2.47. The summed E-state index contributed by atoms with van der Waals surface area (Å²) >= 11 is 0. The number of aromatic nitrogens is 1. The van der Waals surface area contributed by atoms with Crippen molar-refractivity contribution in [2.24, 2.45) is 11.3 Å². The molecule has 5 nitrogen and oxygen atoms in total. The van der Waals surface area contributed by atoms with Crippen molar-refractivity contribution < 1.29 is 9.90 Å². The Balaban J connectivity index is 2.18. The van der Waals surface area contributed by atoms with Gasteiger partial charge in [0.25, 0.3) is 0 Å². The second-order valence-electron chi connectivity index (χ2n) is 5.83. The van der Waals surface area contributed by atoms with Gasteiger partial charge >= 0.3 is 5.97 Å². The number of rotatable bonds is 3. The van der Waals surface area contributed by atoms with Gasteiger partial charge in [-0.15, -0.1) is 0 Å². The summed E-state index contributed by atoms with van der Waals surface area (Å²) in [5.74, 6) is 0.0827. The molecule has 1 N–H and O–H groups in total. The van der Waals surface area contributed by atoms with Crippen molar-refractivity contribution in [3.8, 4) is 6.07 Å². The number of anilines is 1. The minimum absolute atomic E-state index is 0.0845. The van der Waals surface area contributed by atoms with Crippen LogP contribution in [0, 0.1) is 22.7 Å². The monoisotopic (exact) mass is 273 g/mol. The molecule has 1 aromatic rings. The zero-order valence-corrected chi connectivity index (χ0v) is 11.8. The van der Waals surface area contributed by atoms with Crippen LogP contribution in [-0.2, 0) is 4.79 Å². The largest absolute Gasteiger partial charge is 0.481 e.